The Kier molecular flexibility index (Phi) is 3.65. The van der Waals surface area contributed by atoms with Crippen molar-refractivity contribution in [2.45, 2.75) is 37.8 Å². The van der Waals surface area contributed by atoms with Crippen molar-refractivity contribution >= 4 is 5.91 Å². The number of benzene rings is 1. The van der Waals surface area contributed by atoms with Gasteiger partial charge in [0.15, 0.2) is 11.5 Å². The second kappa shape index (κ2) is 5.95. The van der Waals surface area contributed by atoms with Crippen molar-refractivity contribution in [2.24, 2.45) is 0 Å². The number of aromatic nitrogens is 2. The van der Waals surface area contributed by atoms with Gasteiger partial charge in [0.05, 0.1) is 6.04 Å². The van der Waals surface area contributed by atoms with Crippen LogP contribution < -0.4 is 14.8 Å². The summed E-state index contributed by atoms with van der Waals surface area (Å²) in [6, 6.07) is 7.92. The van der Waals surface area contributed by atoms with Gasteiger partial charge in [-0.15, -0.1) is 0 Å². The Bertz CT molecular complexity index is 691. The van der Waals surface area contributed by atoms with E-state index < -0.39 is 0 Å². The molecule has 1 saturated carbocycles. The molecule has 1 amide bonds. The third kappa shape index (κ3) is 2.88. The molecule has 0 radical (unpaired) electrons. The smallest absolute Gasteiger partial charge is 0.251 e. The molecule has 1 aliphatic heterocycles. The summed E-state index contributed by atoms with van der Waals surface area (Å²) in [7, 11) is 0. The summed E-state index contributed by atoms with van der Waals surface area (Å²) >= 11 is 0. The lowest BCUT2D eigenvalue weighted by Gasteiger charge is -2.29. The molecule has 23 heavy (non-hydrogen) atoms. The maximum absolute atomic E-state index is 12.4. The second-order valence-electron chi connectivity index (χ2n) is 6.03. The van der Waals surface area contributed by atoms with E-state index in [0.717, 1.165) is 25.7 Å². The van der Waals surface area contributed by atoms with Crippen LogP contribution in [0.15, 0.2) is 36.7 Å². The molecule has 0 saturated heterocycles. The van der Waals surface area contributed by atoms with E-state index in [1.807, 2.05) is 23.1 Å². The molecule has 0 spiro atoms. The highest BCUT2D eigenvalue weighted by Crippen LogP contribution is 2.33. The largest absolute Gasteiger partial charge is 0.454 e. The van der Waals surface area contributed by atoms with Crippen molar-refractivity contribution in [3.8, 4) is 11.5 Å². The lowest BCUT2D eigenvalue weighted by molar-refractivity contribution is 0.0921. The molecule has 2 heterocycles. The van der Waals surface area contributed by atoms with Crippen molar-refractivity contribution in [1.82, 2.24) is 15.1 Å². The van der Waals surface area contributed by atoms with Crippen LogP contribution in [0, 0.1) is 0 Å². The molecule has 0 atom stereocenters. The summed E-state index contributed by atoms with van der Waals surface area (Å²) in [4.78, 5) is 12.4. The molecule has 2 aliphatic rings. The Morgan fingerprint density at radius 2 is 2.00 bits per heavy atom. The lowest BCUT2D eigenvalue weighted by Crippen LogP contribution is -2.38. The highest BCUT2D eigenvalue weighted by molar-refractivity contribution is 5.95. The molecule has 1 aromatic carbocycles. The first-order chi connectivity index (χ1) is 11.3. The summed E-state index contributed by atoms with van der Waals surface area (Å²) in [5, 5.41) is 7.44. The maximum Gasteiger partial charge on any atom is 0.251 e. The van der Waals surface area contributed by atoms with Crippen LogP contribution in [0.1, 0.15) is 42.1 Å². The van der Waals surface area contributed by atoms with E-state index in [2.05, 4.69) is 10.4 Å². The molecule has 1 aliphatic carbocycles. The minimum Gasteiger partial charge on any atom is -0.454 e. The van der Waals surface area contributed by atoms with Crippen LogP contribution >= 0.6 is 0 Å². The van der Waals surface area contributed by atoms with E-state index in [0.29, 0.717) is 23.1 Å². The first kappa shape index (κ1) is 14.1. The quantitative estimate of drug-likeness (QED) is 0.945. The van der Waals surface area contributed by atoms with Gasteiger partial charge in [0, 0.05) is 24.0 Å². The van der Waals surface area contributed by atoms with Crippen molar-refractivity contribution in [3.05, 3.63) is 42.2 Å². The molecular weight excluding hydrogens is 294 g/mol. The third-order valence-electron chi connectivity index (χ3n) is 4.57. The topological polar surface area (TPSA) is 65.4 Å². The fourth-order valence-electron chi connectivity index (χ4n) is 3.29. The van der Waals surface area contributed by atoms with Gasteiger partial charge >= 0.3 is 0 Å². The Balaban J connectivity index is 1.35. The van der Waals surface area contributed by atoms with Crippen LogP contribution in [0.4, 0.5) is 0 Å². The zero-order valence-corrected chi connectivity index (χ0v) is 12.8. The van der Waals surface area contributed by atoms with E-state index >= 15 is 0 Å². The van der Waals surface area contributed by atoms with Gasteiger partial charge in [-0.05, 0) is 49.9 Å². The van der Waals surface area contributed by atoms with Crippen molar-refractivity contribution in [1.29, 1.82) is 0 Å². The summed E-state index contributed by atoms with van der Waals surface area (Å²) in [6.07, 6.45) is 7.84. The van der Waals surface area contributed by atoms with Gasteiger partial charge in [-0.25, -0.2) is 0 Å². The maximum atomic E-state index is 12.4. The van der Waals surface area contributed by atoms with Gasteiger partial charge in [0.25, 0.3) is 5.91 Å². The van der Waals surface area contributed by atoms with Crippen LogP contribution in [0.3, 0.4) is 0 Å². The van der Waals surface area contributed by atoms with Crippen LogP contribution in [-0.4, -0.2) is 28.5 Å². The number of amides is 1. The predicted molar refractivity (Wildman–Crippen MR) is 83.6 cm³/mol. The van der Waals surface area contributed by atoms with Gasteiger partial charge in [-0.1, -0.05) is 0 Å². The summed E-state index contributed by atoms with van der Waals surface area (Å²) < 4.78 is 12.6. The zero-order valence-electron chi connectivity index (χ0n) is 12.8. The number of carbonyl (C=O) groups excluding carboxylic acids is 1. The molecule has 6 nitrogen and oxygen atoms in total. The van der Waals surface area contributed by atoms with E-state index in [1.54, 1.807) is 18.2 Å². The number of ether oxygens (including phenoxy) is 2. The fraction of sp³-hybridized carbons (Fsp3) is 0.412. The van der Waals surface area contributed by atoms with E-state index in [1.165, 1.54) is 0 Å². The Morgan fingerprint density at radius 3 is 2.78 bits per heavy atom. The third-order valence-corrected chi connectivity index (χ3v) is 4.57. The molecule has 0 bridgehead atoms. The van der Waals surface area contributed by atoms with Crippen LogP contribution in [0.5, 0.6) is 11.5 Å². The van der Waals surface area contributed by atoms with Gasteiger partial charge in [0.2, 0.25) is 6.79 Å². The van der Waals surface area contributed by atoms with Crippen molar-refractivity contribution in [3.63, 3.8) is 0 Å². The lowest BCUT2D eigenvalue weighted by atomic mass is 9.91. The number of nitrogens with one attached hydrogen (secondary N) is 1. The van der Waals surface area contributed by atoms with E-state index in [4.69, 9.17) is 9.47 Å². The summed E-state index contributed by atoms with van der Waals surface area (Å²) in [5.74, 6) is 1.28. The Labute approximate surface area is 134 Å². The number of nitrogens with zero attached hydrogens (tertiary/aromatic N) is 2. The van der Waals surface area contributed by atoms with E-state index in [9.17, 15) is 4.79 Å². The first-order valence-corrected chi connectivity index (χ1v) is 7.99. The molecule has 6 heteroatoms. The molecule has 4 rings (SSSR count). The normalized spacial score (nSPS) is 22.8. The average molecular weight is 313 g/mol. The highest BCUT2D eigenvalue weighted by atomic mass is 16.7. The Morgan fingerprint density at radius 1 is 1.17 bits per heavy atom. The second-order valence-corrected chi connectivity index (χ2v) is 6.03. The van der Waals surface area contributed by atoms with Gasteiger partial charge in [0.1, 0.15) is 0 Å². The van der Waals surface area contributed by atoms with E-state index in [-0.39, 0.29) is 18.7 Å². The molecule has 120 valence electrons. The molecule has 1 fully saturated rings. The molecular formula is C17H19N3O3. The Hall–Kier alpha value is -2.50. The predicted octanol–water partition coefficient (Wildman–Crippen LogP) is 2.53. The van der Waals surface area contributed by atoms with Crippen LogP contribution in [0.2, 0.25) is 0 Å². The minimum absolute atomic E-state index is 0.0501. The monoisotopic (exact) mass is 313 g/mol. The summed E-state index contributed by atoms with van der Waals surface area (Å²) in [5.41, 5.74) is 0.614. The van der Waals surface area contributed by atoms with Gasteiger partial charge < -0.3 is 14.8 Å². The number of hydrogen-bond acceptors (Lipinski definition) is 4. The zero-order chi connectivity index (χ0) is 15.6. The van der Waals surface area contributed by atoms with Crippen LogP contribution in [-0.2, 0) is 0 Å². The molecule has 1 aromatic heterocycles. The number of fused-ring (bicyclic) bond motifs is 1. The summed E-state index contributed by atoms with van der Waals surface area (Å²) in [6.45, 7) is 0.220. The molecule has 0 unspecified atom stereocenters. The fourth-order valence-corrected chi connectivity index (χ4v) is 3.29. The molecule has 1 N–H and O–H groups in total. The van der Waals surface area contributed by atoms with Crippen molar-refractivity contribution in [2.75, 3.05) is 6.79 Å². The van der Waals surface area contributed by atoms with Crippen LogP contribution in [0.25, 0.3) is 0 Å². The average Bonchev–Trinajstić information content (AvgIpc) is 3.26. The SMILES string of the molecule is O=C(NC1CCC(n2cccn2)CC1)c1ccc2c(c1)OCO2. The number of carbonyl (C=O) groups is 1. The van der Waals surface area contributed by atoms with Gasteiger partial charge in [-0.3, -0.25) is 9.48 Å². The number of hydrogen-bond donors (Lipinski definition) is 1. The van der Waals surface area contributed by atoms with Gasteiger partial charge in [-0.2, -0.15) is 5.10 Å². The standard InChI is InChI=1S/C17H19N3O3/c21-17(12-2-7-15-16(10-12)23-11-22-15)19-13-3-5-14(6-4-13)20-9-1-8-18-20/h1-2,7-10,13-14H,3-6,11H2,(H,19,21). The first-order valence-electron chi connectivity index (χ1n) is 7.99. The highest BCUT2D eigenvalue weighted by Gasteiger charge is 2.24. The number of rotatable bonds is 3. The van der Waals surface area contributed by atoms with Crippen molar-refractivity contribution < 1.29 is 14.3 Å². The minimum atomic E-state index is -0.0501. The molecule has 2 aromatic rings.